The summed E-state index contributed by atoms with van der Waals surface area (Å²) in [4.78, 5) is 47.1. The van der Waals surface area contributed by atoms with Crippen molar-refractivity contribution in [2.75, 3.05) is 30.6 Å². The summed E-state index contributed by atoms with van der Waals surface area (Å²) >= 11 is 2.55. The first kappa shape index (κ1) is 21.8. The Hall–Kier alpha value is -1.90. The van der Waals surface area contributed by atoms with Gasteiger partial charge in [0.2, 0.25) is 0 Å². The van der Waals surface area contributed by atoms with Crippen molar-refractivity contribution in [2.45, 2.75) is 11.4 Å². The summed E-state index contributed by atoms with van der Waals surface area (Å²) in [5.41, 5.74) is 6.42. The Bertz CT molecular complexity index is 901. The monoisotopic (exact) mass is 475 g/mol. The SMILES string of the molecule is CO/N=C(\C(=O)N[C@@H]1C(=O)N2C(C(=O)O)=C(CSSC)CS[C@H]12)c1csc(N)n1. The molecule has 156 valence electrons. The maximum atomic E-state index is 12.7. The number of thioether (sulfide) groups is 1. The lowest BCUT2D eigenvalue weighted by molar-refractivity contribution is -0.150. The Labute approximate surface area is 182 Å². The van der Waals surface area contributed by atoms with E-state index in [4.69, 9.17) is 10.6 Å². The number of rotatable bonds is 8. The van der Waals surface area contributed by atoms with Gasteiger partial charge in [0, 0.05) is 16.9 Å². The van der Waals surface area contributed by atoms with Crippen LogP contribution >= 0.6 is 44.7 Å². The number of nitrogens with one attached hydrogen (secondary N) is 1. The van der Waals surface area contributed by atoms with Gasteiger partial charge >= 0.3 is 5.97 Å². The second kappa shape index (κ2) is 9.28. The molecule has 0 aromatic carbocycles. The van der Waals surface area contributed by atoms with E-state index in [-0.39, 0.29) is 22.2 Å². The molecule has 29 heavy (non-hydrogen) atoms. The highest BCUT2D eigenvalue weighted by molar-refractivity contribution is 8.76. The van der Waals surface area contributed by atoms with E-state index in [1.165, 1.54) is 45.4 Å². The topological polar surface area (TPSA) is 147 Å². The molecule has 1 saturated heterocycles. The number of hydrogen-bond donors (Lipinski definition) is 3. The summed E-state index contributed by atoms with van der Waals surface area (Å²) in [5.74, 6) is -1.30. The Morgan fingerprint density at radius 2 is 2.31 bits per heavy atom. The van der Waals surface area contributed by atoms with Gasteiger partial charge in [0.15, 0.2) is 10.8 Å². The number of carbonyl (C=O) groups is 3. The summed E-state index contributed by atoms with van der Waals surface area (Å²) in [6.07, 6.45) is 1.90. The molecule has 2 aliphatic heterocycles. The largest absolute Gasteiger partial charge is 0.477 e. The predicted octanol–water partition coefficient (Wildman–Crippen LogP) is 0.826. The van der Waals surface area contributed by atoms with Crippen LogP contribution < -0.4 is 11.1 Å². The fraction of sp³-hybridized carbons (Fsp3) is 0.400. The van der Waals surface area contributed by atoms with Crippen molar-refractivity contribution in [3.63, 3.8) is 0 Å². The number of nitrogens with zero attached hydrogens (tertiary/aromatic N) is 3. The lowest BCUT2D eigenvalue weighted by Gasteiger charge is -2.49. The molecule has 0 bridgehead atoms. The van der Waals surface area contributed by atoms with Crippen LogP contribution in [-0.4, -0.2) is 74.8 Å². The van der Waals surface area contributed by atoms with Gasteiger partial charge in [-0.3, -0.25) is 14.5 Å². The highest BCUT2D eigenvalue weighted by Gasteiger charge is 2.54. The maximum absolute atomic E-state index is 12.7. The molecule has 14 heteroatoms. The predicted molar refractivity (Wildman–Crippen MR) is 116 cm³/mol. The number of fused-ring (bicyclic) bond motifs is 1. The summed E-state index contributed by atoms with van der Waals surface area (Å²) < 4.78 is 0. The number of hydrogen-bond acceptors (Lipinski definition) is 11. The first-order chi connectivity index (χ1) is 13.9. The Balaban J connectivity index is 1.77. The molecular formula is C15H17N5O5S4. The average Bonchev–Trinajstić information content (AvgIpc) is 3.13. The van der Waals surface area contributed by atoms with Gasteiger partial charge in [-0.2, -0.15) is 0 Å². The molecule has 1 aromatic rings. The zero-order valence-corrected chi connectivity index (χ0v) is 18.5. The highest BCUT2D eigenvalue weighted by Crippen LogP contribution is 2.41. The molecule has 1 fully saturated rings. The number of β-lactam (4-membered cyclic amide) rings is 1. The van der Waals surface area contributed by atoms with Gasteiger partial charge in [-0.15, -0.1) is 23.1 Å². The number of carbonyl (C=O) groups excluding carboxylic acids is 2. The third-order valence-corrected chi connectivity index (χ3v) is 7.83. The van der Waals surface area contributed by atoms with Gasteiger partial charge in [0.05, 0.1) is 0 Å². The fourth-order valence-electron chi connectivity index (χ4n) is 2.83. The normalized spacial score (nSPS) is 21.5. The zero-order chi connectivity index (χ0) is 21.1. The van der Waals surface area contributed by atoms with Crippen molar-refractivity contribution < 1.29 is 24.3 Å². The first-order valence-corrected chi connectivity index (χ1v) is 12.7. The van der Waals surface area contributed by atoms with Crippen LogP contribution in [0.1, 0.15) is 5.69 Å². The summed E-state index contributed by atoms with van der Waals surface area (Å²) in [6, 6.07) is -0.866. The molecule has 1 aromatic heterocycles. The smallest absolute Gasteiger partial charge is 0.352 e. The molecule has 2 amide bonds. The lowest BCUT2D eigenvalue weighted by Crippen LogP contribution is -2.71. The molecule has 0 unspecified atom stereocenters. The molecule has 0 saturated carbocycles. The second-order valence-electron chi connectivity index (χ2n) is 5.74. The molecule has 3 rings (SSSR count). The minimum absolute atomic E-state index is 0.00357. The van der Waals surface area contributed by atoms with Gasteiger partial charge in [-0.25, -0.2) is 9.78 Å². The van der Waals surface area contributed by atoms with E-state index < -0.39 is 29.2 Å². The van der Waals surface area contributed by atoms with Crippen molar-refractivity contribution in [2.24, 2.45) is 5.16 Å². The molecule has 0 spiro atoms. The van der Waals surface area contributed by atoms with Gasteiger partial charge in [0.25, 0.3) is 11.8 Å². The van der Waals surface area contributed by atoms with Crippen molar-refractivity contribution >= 4 is 73.3 Å². The number of nitrogen functional groups attached to an aromatic ring is 1. The highest BCUT2D eigenvalue weighted by atomic mass is 33.1. The zero-order valence-electron chi connectivity index (χ0n) is 15.3. The molecule has 3 heterocycles. The quantitative estimate of drug-likeness (QED) is 0.214. The van der Waals surface area contributed by atoms with Crippen LogP contribution in [0.4, 0.5) is 5.13 Å². The van der Waals surface area contributed by atoms with E-state index in [2.05, 4.69) is 15.5 Å². The number of aromatic nitrogens is 1. The third kappa shape index (κ3) is 4.34. The number of carboxylic acid groups (broad SMARTS) is 1. The average molecular weight is 476 g/mol. The Morgan fingerprint density at radius 3 is 2.90 bits per heavy atom. The van der Waals surface area contributed by atoms with Gasteiger partial charge < -0.3 is 21.0 Å². The van der Waals surface area contributed by atoms with E-state index in [1.54, 1.807) is 5.38 Å². The van der Waals surface area contributed by atoms with E-state index in [1.807, 2.05) is 6.26 Å². The Morgan fingerprint density at radius 1 is 1.55 bits per heavy atom. The van der Waals surface area contributed by atoms with Crippen molar-refractivity contribution in [3.8, 4) is 0 Å². The molecule has 2 atom stereocenters. The van der Waals surface area contributed by atoms with Crippen LogP contribution in [0.5, 0.6) is 0 Å². The maximum Gasteiger partial charge on any atom is 0.352 e. The molecule has 4 N–H and O–H groups in total. The van der Waals surface area contributed by atoms with E-state index in [0.29, 0.717) is 17.1 Å². The third-order valence-electron chi connectivity index (χ3n) is 4.05. The van der Waals surface area contributed by atoms with Crippen molar-refractivity contribution in [1.82, 2.24) is 15.2 Å². The van der Waals surface area contributed by atoms with Gasteiger partial charge in [0.1, 0.15) is 29.9 Å². The van der Waals surface area contributed by atoms with Crippen LogP contribution in [0.3, 0.4) is 0 Å². The number of nitrogens with two attached hydrogens (primary N) is 1. The number of carboxylic acids is 1. The van der Waals surface area contributed by atoms with Crippen LogP contribution in [0.25, 0.3) is 0 Å². The van der Waals surface area contributed by atoms with Crippen LogP contribution in [0.2, 0.25) is 0 Å². The molecule has 0 radical (unpaired) electrons. The van der Waals surface area contributed by atoms with Crippen molar-refractivity contribution in [1.29, 1.82) is 0 Å². The van der Waals surface area contributed by atoms with E-state index >= 15 is 0 Å². The van der Waals surface area contributed by atoms with Crippen molar-refractivity contribution in [3.05, 3.63) is 22.3 Å². The first-order valence-electron chi connectivity index (χ1n) is 8.08. The minimum Gasteiger partial charge on any atom is -0.477 e. The second-order valence-corrected chi connectivity index (χ2v) is 10.3. The lowest BCUT2D eigenvalue weighted by atomic mass is 10.0. The van der Waals surface area contributed by atoms with Gasteiger partial charge in [-0.1, -0.05) is 26.7 Å². The molecule has 10 nitrogen and oxygen atoms in total. The summed E-state index contributed by atoms with van der Waals surface area (Å²) in [5, 5.41) is 17.2. The molecule has 0 aliphatic carbocycles. The molecule has 2 aliphatic rings. The molecular weight excluding hydrogens is 458 g/mol. The van der Waals surface area contributed by atoms with E-state index in [0.717, 1.165) is 11.3 Å². The number of aliphatic carboxylic acids is 1. The minimum atomic E-state index is -1.15. The number of thiazole rings is 1. The standard InChI is InChI=1S/C15H17N5O5S4/c1-25-19-8(7-5-28-15(16)17-7)11(21)18-9-12(22)20-10(14(23)24)6(4-29-26-2)3-27-13(9)20/h5,9,13H,3-4H2,1-2H3,(H2,16,17)(H,18,21)(H,23,24)/b19-8-/t9-,13-/m1/s1. The number of anilines is 1. The number of amides is 2. The summed E-state index contributed by atoms with van der Waals surface area (Å²) in [7, 11) is 4.33. The number of oxime groups is 1. The van der Waals surface area contributed by atoms with Crippen LogP contribution in [0.15, 0.2) is 21.8 Å². The van der Waals surface area contributed by atoms with Gasteiger partial charge in [-0.05, 0) is 11.8 Å². The van der Waals surface area contributed by atoms with Crippen LogP contribution in [0, 0.1) is 0 Å². The van der Waals surface area contributed by atoms with E-state index in [9.17, 15) is 19.5 Å². The Kier molecular flexibility index (Phi) is 6.97. The van der Waals surface area contributed by atoms with Crippen LogP contribution in [-0.2, 0) is 19.2 Å². The summed E-state index contributed by atoms with van der Waals surface area (Å²) in [6.45, 7) is 0. The fourth-order valence-corrected chi connectivity index (χ4v) is 6.13.